The molecule has 3 aromatic rings. The Kier molecular flexibility index (Phi) is 5.95. The standard InChI is InChI=1S/C19H23N5O2S/c1-13(2)24-19(26)15-12-14(6-7-16(15)21-22-24)20-18(25)17(8-11-27-3)23-9-4-5-10-23/h4-7,9-10,12-13,17H,8,11H2,1-3H3,(H,20,25)/t17-/m1/s1. The highest BCUT2D eigenvalue weighted by Gasteiger charge is 2.20. The average molecular weight is 385 g/mol. The Morgan fingerprint density at radius 3 is 2.67 bits per heavy atom. The van der Waals surface area contributed by atoms with Crippen molar-refractivity contribution in [3.05, 3.63) is 53.1 Å². The van der Waals surface area contributed by atoms with Crippen molar-refractivity contribution in [2.24, 2.45) is 0 Å². The van der Waals surface area contributed by atoms with Crippen LogP contribution in [0.25, 0.3) is 10.9 Å². The fraction of sp³-hybridized carbons (Fsp3) is 0.368. The number of nitrogens with one attached hydrogen (secondary N) is 1. The number of thioether (sulfide) groups is 1. The molecule has 1 amide bonds. The third-order valence-corrected chi connectivity index (χ3v) is 4.97. The molecular weight excluding hydrogens is 362 g/mol. The molecule has 2 aromatic heterocycles. The van der Waals surface area contributed by atoms with Crippen LogP contribution in [-0.2, 0) is 4.79 Å². The molecule has 0 aliphatic rings. The van der Waals surface area contributed by atoms with Crippen LogP contribution in [0.5, 0.6) is 0 Å². The predicted molar refractivity (Wildman–Crippen MR) is 109 cm³/mol. The summed E-state index contributed by atoms with van der Waals surface area (Å²) in [5.41, 5.74) is 0.879. The summed E-state index contributed by atoms with van der Waals surface area (Å²) in [6.07, 6.45) is 6.53. The van der Waals surface area contributed by atoms with Gasteiger partial charge in [-0.25, -0.2) is 4.68 Å². The molecule has 0 bridgehead atoms. The third-order valence-electron chi connectivity index (χ3n) is 4.33. The fourth-order valence-electron chi connectivity index (χ4n) is 2.90. The summed E-state index contributed by atoms with van der Waals surface area (Å²) in [6.45, 7) is 3.75. The summed E-state index contributed by atoms with van der Waals surface area (Å²) in [7, 11) is 0. The maximum absolute atomic E-state index is 12.9. The number of hydrogen-bond donors (Lipinski definition) is 1. The van der Waals surface area contributed by atoms with Crippen LogP contribution < -0.4 is 10.9 Å². The normalized spacial score (nSPS) is 12.4. The number of nitrogens with zero attached hydrogens (tertiary/aromatic N) is 4. The highest BCUT2D eigenvalue weighted by molar-refractivity contribution is 7.98. The van der Waals surface area contributed by atoms with Gasteiger partial charge in [-0.3, -0.25) is 9.59 Å². The summed E-state index contributed by atoms with van der Waals surface area (Å²) >= 11 is 1.71. The predicted octanol–water partition coefficient (Wildman–Crippen LogP) is 3.11. The molecule has 1 atom stereocenters. The third kappa shape index (κ3) is 4.21. The Bertz CT molecular complexity index is 981. The number of amides is 1. The number of aromatic nitrogens is 4. The first-order valence-corrected chi connectivity index (χ1v) is 10.2. The van der Waals surface area contributed by atoms with Gasteiger partial charge in [-0.1, -0.05) is 5.21 Å². The van der Waals surface area contributed by atoms with E-state index in [1.54, 1.807) is 30.0 Å². The zero-order chi connectivity index (χ0) is 19.4. The Hall–Kier alpha value is -2.61. The number of benzene rings is 1. The number of anilines is 1. The molecule has 27 heavy (non-hydrogen) atoms. The minimum absolute atomic E-state index is 0.0858. The highest BCUT2D eigenvalue weighted by Crippen LogP contribution is 2.20. The van der Waals surface area contributed by atoms with Gasteiger partial charge in [-0.2, -0.15) is 11.8 Å². The molecule has 0 aliphatic carbocycles. The Morgan fingerprint density at radius 2 is 2.00 bits per heavy atom. The van der Waals surface area contributed by atoms with Crippen LogP contribution in [0.2, 0.25) is 0 Å². The fourth-order valence-corrected chi connectivity index (χ4v) is 3.36. The molecule has 0 radical (unpaired) electrons. The zero-order valence-electron chi connectivity index (χ0n) is 15.6. The molecule has 142 valence electrons. The van der Waals surface area contributed by atoms with Gasteiger partial charge < -0.3 is 9.88 Å². The first-order chi connectivity index (χ1) is 13.0. The van der Waals surface area contributed by atoms with E-state index in [1.165, 1.54) is 4.68 Å². The van der Waals surface area contributed by atoms with Gasteiger partial charge in [0, 0.05) is 18.1 Å². The first kappa shape index (κ1) is 19.2. The van der Waals surface area contributed by atoms with Crippen LogP contribution >= 0.6 is 11.8 Å². The molecule has 2 heterocycles. The van der Waals surface area contributed by atoms with Crippen molar-refractivity contribution in [3.8, 4) is 0 Å². The van der Waals surface area contributed by atoms with Crippen molar-refractivity contribution in [2.45, 2.75) is 32.4 Å². The second-order valence-electron chi connectivity index (χ2n) is 6.58. The zero-order valence-corrected chi connectivity index (χ0v) is 16.4. The van der Waals surface area contributed by atoms with Gasteiger partial charge in [0.25, 0.3) is 5.56 Å². The van der Waals surface area contributed by atoms with Crippen LogP contribution in [0.15, 0.2) is 47.5 Å². The van der Waals surface area contributed by atoms with E-state index in [0.29, 0.717) is 16.6 Å². The van der Waals surface area contributed by atoms with Crippen molar-refractivity contribution in [3.63, 3.8) is 0 Å². The minimum atomic E-state index is -0.300. The summed E-state index contributed by atoms with van der Waals surface area (Å²) in [5, 5.41) is 11.4. The number of hydrogen-bond acceptors (Lipinski definition) is 5. The lowest BCUT2D eigenvalue weighted by atomic mass is 10.1. The molecule has 0 aliphatic heterocycles. The number of carbonyl (C=O) groups excluding carboxylic acids is 1. The van der Waals surface area contributed by atoms with E-state index in [-0.39, 0.29) is 23.6 Å². The molecule has 8 heteroatoms. The van der Waals surface area contributed by atoms with E-state index in [2.05, 4.69) is 15.6 Å². The van der Waals surface area contributed by atoms with E-state index in [1.807, 2.05) is 49.2 Å². The van der Waals surface area contributed by atoms with Crippen molar-refractivity contribution in [2.75, 3.05) is 17.3 Å². The minimum Gasteiger partial charge on any atom is -0.342 e. The Morgan fingerprint density at radius 1 is 1.26 bits per heavy atom. The summed E-state index contributed by atoms with van der Waals surface area (Å²) in [4.78, 5) is 25.5. The van der Waals surface area contributed by atoms with Crippen LogP contribution in [0.4, 0.5) is 5.69 Å². The van der Waals surface area contributed by atoms with Crippen molar-refractivity contribution in [1.29, 1.82) is 0 Å². The van der Waals surface area contributed by atoms with Gasteiger partial charge >= 0.3 is 0 Å². The molecule has 7 nitrogen and oxygen atoms in total. The molecule has 1 aromatic carbocycles. The van der Waals surface area contributed by atoms with E-state index in [9.17, 15) is 9.59 Å². The molecular formula is C19H23N5O2S. The summed E-state index contributed by atoms with van der Waals surface area (Å²) in [6, 6.07) is 8.55. The van der Waals surface area contributed by atoms with Crippen molar-refractivity contribution < 1.29 is 4.79 Å². The lowest BCUT2D eigenvalue weighted by molar-refractivity contribution is -0.119. The number of rotatable bonds is 7. The largest absolute Gasteiger partial charge is 0.342 e. The summed E-state index contributed by atoms with van der Waals surface area (Å²) < 4.78 is 3.25. The molecule has 0 saturated carbocycles. The van der Waals surface area contributed by atoms with Gasteiger partial charge in [0.2, 0.25) is 5.91 Å². The topological polar surface area (TPSA) is 81.8 Å². The quantitative estimate of drug-likeness (QED) is 0.676. The Labute approximate surface area is 161 Å². The molecule has 0 fully saturated rings. The highest BCUT2D eigenvalue weighted by atomic mass is 32.2. The average Bonchev–Trinajstić information content (AvgIpc) is 3.17. The van der Waals surface area contributed by atoms with Gasteiger partial charge in [0.05, 0.1) is 11.4 Å². The monoisotopic (exact) mass is 385 g/mol. The van der Waals surface area contributed by atoms with Crippen LogP contribution in [-0.4, -0.2) is 37.5 Å². The lowest BCUT2D eigenvalue weighted by Crippen LogP contribution is -2.27. The van der Waals surface area contributed by atoms with Gasteiger partial charge in [0.1, 0.15) is 11.6 Å². The first-order valence-electron chi connectivity index (χ1n) is 8.82. The van der Waals surface area contributed by atoms with Crippen molar-refractivity contribution >= 4 is 34.3 Å². The van der Waals surface area contributed by atoms with Crippen molar-refractivity contribution in [1.82, 2.24) is 19.6 Å². The molecule has 0 unspecified atom stereocenters. The second kappa shape index (κ2) is 8.39. The molecule has 1 N–H and O–H groups in total. The van der Waals surface area contributed by atoms with E-state index in [4.69, 9.17) is 0 Å². The van der Waals surface area contributed by atoms with Crippen LogP contribution in [0, 0.1) is 0 Å². The van der Waals surface area contributed by atoms with E-state index < -0.39 is 0 Å². The molecule has 0 saturated heterocycles. The van der Waals surface area contributed by atoms with E-state index in [0.717, 1.165) is 12.2 Å². The van der Waals surface area contributed by atoms with Gasteiger partial charge in [-0.15, -0.1) is 5.10 Å². The van der Waals surface area contributed by atoms with E-state index >= 15 is 0 Å². The number of carbonyl (C=O) groups is 1. The smallest absolute Gasteiger partial charge is 0.277 e. The lowest BCUT2D eigenvalue weighted by Gasteiger charge is -2.18. The molecule has 3 rings (SSSR count). The summed E-state index contributed by atoms with van der Waals surface area (Å²) in [5.74, 6) is 0.772. The number of fused-ring (bicyclic) bond motifs is 1. The Balaban J connectivity index is 1.89. The maximum Gasteiger partial charge on any atom is 0.277 e. The van der Waals surface area contributed by atoms with Gasteiger partial charge in [-0.05, 0) is 62.6 Å². The van der Waals surface area contributed by atoms with Crippen LogP contribution in [0.3, 0.4) is 0 Å². The molecule has 0 spiro atoms. The maximum atomic E-state index is 12.9. The van der Waals surface area contributed by atoms with Gasteiger partial charge in [0.15, 0.2) is 0 Å². The SMILES string of the molecule is CSCC[C@H](C(=O)Nc1ccc2nnn(C(C)C)c(=O)c2c1)n1cccc1. The van der Waals surface area contributed by atoms with Crippen LogP contribution in [0.1, 0.15) is 32.4 Å². The second-order valence-corrected chi connectivity index (χ2v) is 7.57.